The van der Waals surface area contributed by atoms with Gasteiger partial charge in [-0.3, -0.25) is 9.78 Å². The summed E-state index contributed by atoms with van der Waals surface area (Å²) < 4.78 is 32.8. The number of aliphatic carboxylic acids is 1. The predicted molar refractivity (Wildman–Crippen MR) is 127 cm³/mol. The fraction of sp³-hybridized carbons (Fsp3) is 0.0909. The molecule has 2 aromatic carbocycles. The molecule has 6 nitrogen and oxygen atoms in total. The molecule has 1 amide bonds. The number of benzene rings is 2. The number of thioether (sulfide) groups is 1. The van der Waals surface area contributed by atoms with Crippen molar-refractivity contribution in [1.29, 1.82) is 0 Å². The standard InChI is InChI=1S/C20H14ClN3OS2.C2HF3O2/c21-15-2-4-16(5-3-15)26-12-19(25)24-20-23-17-6-1-14(11-18(17)27-20)13-7-9-22-10-8-13;3-2(4,5)1(6)7/h1-11H,12H2,(H,23,24,25);(H,6,7). The minimum atomic E-state index is -5.08. The summed E-state index contributed by atoms with van der Waals surface area (Å²) in [7, 11) is 0. The van der Waals surface area contributed by atoms with Crippen LogP contribution in [0.15, 0.2) is 71.9 Å². The van der Waals surface area contributed by atoms with E-state index < -0.39 is 12.1 Å². The molecular formula is C22H15ClF3N3O3S2. The average Bonchev–Trinajstić information content (AvgIpc) is 3.20. The third-order valence-electron chi connectivity index (χ3n) is 4.07. The lowest BCUT2D eigenvalue weighted by molar-refractivity contribution is -0.192. The van der Waals surface area contributed by atoms with Crippen molar-refractivity contribution in [1.82, 2.24) is 9.97 Å². The molecule has 0 radical (unpaired) electrons. The first kappa shape index (κ1) is 25.5. The number of halogens is 4. The molecule has 0 bridgehead atoms. The van der Waals surface area contributed by atoms with Crippen molar-refractivity contribution in [3.63, 3.8) is 0 Å². The minimum Gasteiger partial charge on any atom is -0.475 e. The lowest BCUT2D eigenvalue weighted by Crippen LogP contribution is -2.21. The van der Waals surface area contributed by atoms with Crippen LogP contribution in [0, 0.1) is 0 Å². The second kappa shape index (κ2) is 11.3. The second-order valence-corrected chi connectivity index (χ2v) is 9.05. The Labute approximate surface area is 204 Å². The first-order valence-electron chi connectivity index (χ1n) is 9.41. The number of rotatable bonds is 5. The Balaban J connectivity index is 0.000000406. The van der Waals surface area contributed by atoms with E-state index in [0.717, 1.165) is 26.2 Å². The minimum absolute atomic E-state index is 0.0802. The third kappa shape index (κ3) is 7.44. The molecule has 0 saturated heterocycles. The molecule has 0 unspecified atom stereocenters. The van der Waals surface area contributed by atoms with E-state index in [9.17, 15) is 18.0 Å². The van der Waals surface area contributed by atoms with Crippen LogP contribution in [0.4, 0.5) is 18.3 Å². The number of thiazole rings is 1. The Morgan fingerprint density at radius 3 is 2.29 bits per heavy atom. The highest BCUT2D eigenvalue weighted by atomic mass is 35.5. The number of hydrogen-bond acceptors (Lipinski definition) is 6. The quantitative estimate of drug-likeness (QED) is 0.294. The van der Waals surface area contributed by atoms with Crippen LogP contribution in [-0.4, -0.2) is 38.9 Å². The van der Waals surface area contributed by atoms with Crippen molar-refractivity contribution in [2.45, 2.75) is 11.1 Å². The Morgan fingerprint density at radius 1 is 1.03 bits per heavy atom. The monoisotopic (exact) mass is 525 g/mol. The number of aromatic nitrogens is 2. The molecule has 34 heavy (non-hydrogen) atoms. The molecule has 0 spiro atoms. The van der Waals surface area contributed by atoms with Crippen LogP contribution < -0.4 is 5.32 Å². The van der Waals surface area contributed by atoms with E-state index >= 15 is 0 Å². The number of amides is 1. The lowest BCUT2D eigenvalue weighted by atomic mass is 10.1. The Kier molecular flexibility index (Phi) is 8.48. The first-order chi connectivity index (χ1) is 16.1. The molecule has 2 N–H and O–H groups in total. The molecule has 2 heterocycles. The SMILES string of the molecule is O=C(CSc1ccc(Cl)cc1)Nc1nc2ccc(-c3ccncc3)cc2s1.O=C(O)C(F)(F)F. The van der Waals surface area contributed by atoms with Crippen molar-refractivity contribution in [3.8, 4) is 11.1 Å². The van der Waals surface area contributed by atoms with Gasteiger partial charge >= 0.3 is 12.1 Å². The van der Waals surface area contributed by atoms with Gasteiger partial charge in [0.15, 0.2) is 5.13 Å². The van der Waals surface area contributed by atoms with Gasteiger partial charge in [0.25, 0.3) is 0 Å². The summed E-state index contributed by atoms with van der Waals surface area (Å²) in [5.74, 6) is -2.52. The molecule has 0 aliphatic carbocycles. The maximum atomic E-state index is 12.2. The molecule has 0 aliphatic rings. The van der Waals surface area contributed by atoms with E-state index in [1.807, 2.05) is 48.5 Å². The van der Waals surface area contributed by atoms with Crippen LogP contribution in [0.2, 0.25) is 5.02 Å². The van der Waals surface area contributed by atoms with Gasteiger partial charge in [-0.1, -0.05) is 29.0 Å². The van der Waals surface area contributed by atoms with Crippen molar-refractivity contribution < 1.29 is 27.9 Å². The molecule has 0 atom stereocenters. The van der Waals surface area contributed by atoms with Crippen LogP contribution in [0.3, 0.4) is 0 Å². The Morgan fingerprint density at radius 2 is 1.68 bits per heavy atom. The lowest BCUT2D eigenvalue weighted by Gasteiger charge is -2.02. The van der Waals surface area contributed by atoms with E-state index in [1.165, 1.54) is 23.1 Å². The molecule has 2 aromatic heterocycles. The molecule has 0 fully saturated rings. The fourth-order valence-electron chi connectivity index (χ4n) is 2.54. The van der Waals surface area contributed by atoms with Gasteiger partial charge < -0.3 is 10.4 Å². The fourth-order valence-corrected chi connectivity index (χ4v) is 4.28. The summed E-state index contributed by atoms with van der Waals surface area (Å²) in [6, 6.07) is 17.5. The first-order valence-corrected chi connectivity index (χ1v) is 11.6. The van der Waals surface area contributed by atoms with E-state index in [0.29, 0.717) is 15.9 Å². The van der Waals surface area contributed by atoms with E-state index in [4.69, 9.17) is 21.5 Å². The summed E-state index contributed by atoms with van der Waals surface area (Å²) in [6.45, 7) is 0. The number of nitrogens with zero attached hydrogens (tertiary/aromatic N) is 2. The van der Waals surface area contributed by atoms with Crippen molar-refractivity contribution in [2.75, 3.05) is 11.1 Å². The molecule has 12 heteroatoms. The highest BCUT2D eigenvalue weighted by Crippen LogP contribution is 2.30. The van der Waals surface area contributed by atoms with Crippen LogP contribution in [0.5, 0.6) is 0 Å². The predicted octanol–water partition coefficient (Wildman–Crippen LogP) is 6.38. The van der Waals surface area contributed by atoms with Gasteiger partial charge in [0, 0.05) is 22.3 Å². The summed E-state index contributed by atoms with van der Waals surface area (Å²) in [5.41, 5.74) is 3.08. The number of hydrogen-bond donors (Lipinski definition) is 2. The smallest absolute Gasteiger partial charge is 0.475 e. The highest BCUT2D eigenvalue weighted by molar-refractivity contribution is 8.00. The number of nitrogens with one attached hydrogen (secondary N) is 1. The van der Waals surface area contributed by atoms with Gasteiger partial charge in [-0.2, -0.15) is 13.2 Å². The molecular weight excluding hydrogens is 511 g/mol. The van der Waals surface area contributed by atoms with Gasteiger partial charge in [0.2, 0.25) is 5.91 Å². The molecule has 176 valence electrons. The number of carbonyl (C=O) groups excluding carboxylic acids is 1. The maximum absolute atomic E-state index is 12.2. The van der Waals surface area contributed by atoms with Crippen molar-refractivity contribution in [3.05, 3.63) is 72.0 Å². The van der Waals surface area contributed by atoms with Gasteiger partial charge in [0.1, 0.15) is 0 Å². The van der Waals surface area contributed by atoms with Gasteiger partial charge in [-0.15, -0.1) is 11.8 Å². The maximum Gasteiger partial charge on any atom is 0.490 e. The van der Waals surface area contributed by atoms with Crippen molar-refractivity contribution in [2.24, 2.45) is 0 Å². The van der Waals surface area contributed by atoms with Gasteiger partial charge in [-0.05, 0) is 59.7 Å². The van der Waals surface area contributed by atoms with Crippen molar-refractivity contribution >= 4 is 61.9 Å². The molecule has 0 aliphatic heterocycles. The zero-order valence-corrected chi connectivity index (χ0v) is 19.4. The normalized spacial score (nSPS) is 10.9. The Bertz CT molecular complexity index is 1280. The zero-order valence-electron chi connectivity index (χ0n) is 17.0. The number of pyridine rings is 1. The third-order valence-corrected chi connectivity index (χ3v) is 6.27. The number of carboxylic acids is 1. The topological polar surface area (TPSA) is 92.2 Å². The summed E-state index contributed by atoms with van der Waals surface area (Å²) in [5, 5.41) is 11.3. The largest absolute Gasteiger partial charge is 0.490 e. The van der Waals surface area contributed by atoms with E-state index in [-0.39, 0.29) is 5.91 Å². The van der Waals surface area contributed by atoms with Gasteiger partial charge in [-0.25, -0.2) is 9.78 Å². The number of carboxylic acid groups (broad SMARTS) is 1. The highest BCUT2D eigenvalue weighted by Gasteiger charge is 2.38. The molecule has 4 aromatic rings. The van der Waals surface area contributed by atoms with Crippen LogP contribution >= 0.6 is 34.7 Å². The zero-order chi connectivity index (χ0) is 24.7. The number of fused-ring (bicyclic) bond motifs is 1. The average molecular weight is 526 g/mol. The van der Waals surface area contributed by atoms with Crippen LogP contribution in [0.1, 0.15) is 0 Å². The van der Waals surface area contributed by atoms with E-state index in [1.54, 1.807) is 12.4 Å². The summed E-state index contributed by atoms with van der Waals surface area (Å²) in [4.78, 5) is 30.7. The van der Waals surface area contributed by atoms with E-state index in [2.05, 4.69) is 21.4 Å². The number of carbonyl (C=O) groups is 2. The number of anilines is 1. The summed E-state index contributed by atoms with van der Waals surface area (Å²) >= 11 is 8.81. The molecule has 4 rings (SSSR count). The van der Waals surface area contributed by atoms with Gasteiger partial charge in [0.05, 0.1) is 16.0 Å². The van der Waals surface area contributed by atoms with Crippen LogP contribution in [-0.2, 0) is 9.59 Å². The molecule has 0 saturated carbocycles. The number of alkyl halides is 3. The van der Waals surface area contributed by atoms with Crippen LogP contribution in [0.25, 0.3) is 21.3 Å². The second-order valence-electron chi connectivity index (χ2n) is 6.53. The summed E-state index contributed by atoms with van der Waals surface area (Å²) in [6.07, 6.45) is -1.54. The Hall–Kier alpha value is -3.15.